The molecule has 7 heteroatoms. The Hall–Kier alpha value is -3.66. The van der Waals surface area contributed by atoms with E-state index >= 15 is 0 Å². The number of hydrogen-bond donors (Lipinski definition) is 3. The fourth-order valence-electron chi connectivity index (χ4n) is 2.39. The monoisotopic (exact) mass is 351 g/mol. The molecule has 132 valence electrons. The second kappa shape index (κ2) is 8.44. The number of nitriles is 1. The zero-order valence-electron chi connectivity index (χ0n) is 14.0. The number of amides is 2. The number of hydrogen-bond acceptors (Lipinski definition) is 4. The van der Waals surface area contributed by atoms with Gasteiger partial charge < -0.3 is 15.7 Å². The van der Waals surface area contributed by atoms with Crippen molar-refractivity contribution >= 4 is 23.5 Å². The Kier molecular flexibility index (Phi) is 6.06. The first-order valence-electron chi connectivity index (χ1n) is 7.79. The minimum atomic E-state index is -1.18. The molecule has 0 heterocycles. The summed E-state index contributed by atoms with van der Waals surface area (Å²) in [6, 6.07) is 13.6. The fraction of sp³-hybridized carbons (Fsp3) is 0.158. The Morgan fingerprint density at radius 1 is 1.15 bits per heavy atom. The Morgan fingerprint density at radius 2 is 1.88 bits per heavy atom. The quantitative estimate of drug-likeness (QED) is 0.735. The smallest absolute Gasteiger partial charge is 0.326 e. The van der Waals surface area contributed by atoms with Gasteiger partial charge in [-0.1, -0.05) is 18.2 Å². The molecule has 0 aliphatic rings. The van der Waals surface area contributed by atoms with E-state index in [0.717, 1.165) is 0 Å². The van der Waals surface area contributed by atoms with Crippen molar-refractivity contribution in [2.45, 2.75) is 19.4 Å². The van der Waals surface area contributed by atoms with Crippen LogP contribution in [0.25, 0.3) is 0 Å². The molecule has 1 atom stereocenters. The van der Waals surface area contributed by atoms with Crippen molar-refractivity contribution in [2.24, 2.45) is 0 Å². The number of carboxylic acid groups (broad SMARTS) is 1. The van der Waals surface area contributed by atoms with Crippen molar-refractivity contribution in [3.05, 3.63) is 65.2 Å². The van der Waals surface area contributed by atoms with Crippen LogP contribution in [0, 0.1) is 11.3 Å². The van der Waals surface area contributed by atoms with E-state index in [9.17, 15) is 19.5 Å². The molecule has 0 spiro atoms. The van der Waals surface area contributed by atoms with E-state index in [2.05, 4.69) is 10.6 Å². The molecule has 2 aromatic carbocycles. The molecule has 2 aromatic rings. The first-order chi connectivity index (χ1) is 12.4. The largest absolute Gasteiger partial charge is 0.480 e. The summed E-state index contributed by atoms with van der Waals surface area (Å²) < 4.78 is 0. The molecule has 0 unspecified atom stereocenters. The summed E-state index contributed by atoms with van der Waals surface area (Å²) in [5, 5.41) is 23.3. The molecule has 0 aromatic heterocycles. The second-order valence-corrected chi connectivity index (χ2v) is 5.64. The molecule has 0 aliphatic heterocycles. The lowest BCUT2D eigenvalue weighted by Gasteiger charge is -2.15. The van der Waals surface area contributed by atoms with Crippen LogP contribution in [0.5, 0.6) is 0 Å². The minimum absolute atomic E-state index is 0.0436. The summed E-state index contributed by atoms with van der Waals surface area (Å²) in [5.41, 5.74) is 1.72. The molecule has 0 bridgehead atoms. The number of aliphatic carboxylic acids is 1. The zero-order chi connectivity index (χ0) is 19.1. The average molecular weight is 351 g/mol. The van der Waals surface area contributed by atoms with Gasteiger partial charge >= 0.3 is 5.97 Å². The van der Waals surface area contributed by atoms with Gasteiger partial charge in [0.15, 0.2) is 0 Å². The van der Waals surface area contributed by atoms with Gasteiger partial charge in [-0.25, -0.2) is 4.79 Å². The van der Waals surface area contributed by atoms with Gasteiger partial charge in [0.1, 0.15) is 6.04 Å². The number of benzene rings is 2. The maximum Gasteiger partial charge on any atom is 0.326 e. The molecular formula is C19H17N3O4. The van der Waals surface area contributed by atoms with Crippen molar-refractivity contribution in [1.29, 1.82) is 5.26 Å². The van der Waals surface area contributed by atoms with Crippen molar-refractivity contribution in [3.8, 4) is 6.07 Å². The Balaban J connectivity index is 2.14. The van der Waals surface area contributed by atoms with Gasteiger partial charge in [0.25, 0.3) is 5.91 Å². The van der Waals surface area contributed by atoms with Crippen LogP contribution in [0.2, 0.25) is 0 Å². The second-order valence-electron chi connectivity index (χ2n) is 5.64. The molecule has 7 nitrogen and oxygen atoms in total. The van der Waals surface area contributed by atoms with Crippen LogP contribution in [0.1, 0.15) is 28.4 Å². The van der Waals surface area contributed by atoms with Gasteiger partial charge in [0.2, 0.25) is 5.91 Å². The standard InChI is InChI=1S/C19H17N3O4/c1-12(23)21-16-7-3-6-15(10-16)18(24)22-17(19(25)26)9-13-4-2-5-14(8-13)11-20/h2-8,10,17H,9H2,1H3,(H,21,23)(H,22,24)(H,25,26)/t17-/m0/s1. The van der Waals surface area contributed by atoms with Crippen LogP contribution in [0.4, 0.5) is 5.69 Å². The lowest BCUT2D eigenvalue weighted by molar-refractivity contribution is -0.139. The number of carboxylic acids is 1. The van der Waals surface area contributed by atoms with Gasteiger partial charge in [-0.3, -0.25) is 9.59 Å². The van der Waals surface area contributed by atoms with Gasteiger partial charge in [-0.05, 0) is 35.9 Å². The lowest BCUT2D eigenvalue weighted by atomic mass is 10.0. The van der Waals surface area contributed by atoms with Gasteiger partial charge in [0, 0.05) is 24.6 Å². The van der Waals surface area contributed by atoms with Crippen LogP contribution in [0.3, 0.4) is 0 Å². The molecule has 0 aliphatic carbocycles. The summed E-state index contributed by atoms with van der Waals surface area (Å²) in [5.74, 6) is -2.02. The van der Waals surface area contributed by atoms with Crippen molar-refractivity contribution < 1.29 is 19.5 Å². The van der Waals surface area contributed by atoms with Crippen LogP contribution >= 0.6 is 0 Å². The maximum absolute atomic E-state index is 12.4. The van der Waals surface area contributed by atoms with Gasteiger partial charge in [0.05, 0.1) is 11.6 Å². The van der Waals surface area contributed by atoms with Crippen LogP contribution in [0.15, 0.2) is 48.5 Å². The number of carbonyl (C=O) groups is 3. The summed E-state index contributed by atoms with van der Waals surface area (Å²) >= 11 is 0. The molecule has 26 heavy (non-hydrogen) atoms. The third kappa shape index (κ3) is 5.18. The predicted octanol–water partition coefficient (Wildman–Crippen LogP) is 1.94. The summed E-state index contributed by atoms with van der Waals surface area (Å²) in [4.78, 5) is 35.0. The highest BCUT2D eigenvalue weighted by molar-refractivity contribution is 5.98. The summed E-state index contributed by atoms with van der Waals surface area (Å²) in [6.45, 7) is 1.35. The predicted molar refractivity (Wildman–Crippen MR) is 94.5 cm³/mol. The van der Waals surface area contributed by atoms with E-state index in [4.69, 9.17) is 5.26 Å². The number of nitrogens with one attached hydrogen (secondary N) is 2. The highest BCUT2D eigenvalue weighted by Gasteiger charge is 2.21. The van der Waals surface area contributed by atoms with Crippen molar-refractivity contribution in [1.82, 2.24) is 5.32 Å². The number of carbonyl (C=O) groups excluding carboxylic acids is 2. The number of anilines is 1. The highest BCUT2D eigenvalue weighted by atomic mass is 16.4. The Morgan fingerprint density at radius 3 is 2.54 bits per heavy atom. The van der Waals surface area contributed by atoms with Gasteiger partial charge in [-0.15, -0.1) is 0 Å². The summed E-state index contributed by atoms with van der Waals surface area (Å²) in [7, 11) is 0. The maximum atomic E-state index is 12.4. The molecule has 0 saturated heterocycles. The summed E-state index contributed by atoms with van der Waals surface area (Å²) in [6.07, 6.45) is 0.0436. The van der Waals surface area contributed by atoms with Crippen LogP contribution in [-0.4, -0.2) is 28.9 Å². The van der Waals surface area contributed by atoms with E-state index in [1.54, 1.807) is 36.4 Å². The molecule has 3 N–H and O–H groups in total. The van der Waals surface area contributed by atoms with Crippen molar-refractivity contribution in [2.75, 3.05) is 5.32 Å². The first-order valence-corrected chi connectivity index (χ1v) is 7.79. The lowest BCUT2D eigenvalue weighted by Crippen LogP contribution is -2.42. The van der Waals surface area contributed by atoms with E-state index in [1.165, 1.54) is 19.1 Å². The van der Waals surface area contributed by atoms with E-state index in [1.807, 2.05) is 6.07 Å². The molecule has 2 rings (SSSR count). The normalized spacial score (nSPS) is 11.1. The molecule has 2 amide bonds. The average Bonchev–Trinajstić information content (AvgIpc) is 2.60. The molecular weight excluding hydrogens is 334 g/mol. The Bertz CT molecular complexity index is 886. The highest BCUT2D eigenvalue weighted by Crippen LogP contribution is 2.12. The first kappa shape index (κ1) is 18.7. The van der Waals surface area contributed by atoms with E-state index < -0.39 is 17.9 Å². The van der Waals surface area contributed by atoms with E-state index in [0.29, 0.717) is 16.8 Å². The Labute approximate surface area is 150 Å². The van der Waals surface area contributed by atoms with Crippen LogP contribution in [-0.2, 0) is 16.0 Å². The molecule has 0 saturated carbocycles. The molecule has 0 fully saturated rings. The number of nitrogens with zero attached hydrogens (tertiary/aromatic N) is 1. The van der Waals surface area contributed by atoms with E-state index in [-0.39, 0.29) is 17.9 Å². The molecule has 0 radical (unpaired) electrons. The third-order valence-electron chi connectivity index (χ3n) is 3.54. The van der Waals surface area contributed by atoms with Crippen LogP contribution < -0.4 is 10.6 Å². The number of rotatable bonds is 6. The van der Waals surface area contributed by atoms with Crippen molar-refractivity contribution in [3.63, 3.8) is 0 Å². The fourth-order valence-corrected chi connectivity index (χ4v) is 2.39. The van der Waals surface area contributed by atoms with Gasteiger partial charge in [-0.2, -0.15) is 5.26 Å². The SMILES string of the molecule is CC(=O)Nc1cccc(C(=O)N[C@@H](Cc2cccc(C#N)c2)C(=O)O)c1. The topological polar surface area (TPSA) is 119 Å². The third-order valence-corrected chi connectivity index (χ3v) is 3.54. The minimum Gasteiger partial charge on any atom is -0.480 e. The zero-order valence-corrected chi connectivity index (χ0v) is 14.0.